The molecule has 0 bridgehead atoms. The Kier molecular flexibility index (Phi) is 8.43. The van der Waals surface area contributed by atoms with E-state index in [9.17, 15) is 10.1 Å². The van der Waals surface area contributed by atoms with Crippen LogP contribution in [-0.4, -0.2) is 22.8 Å². The van der Waals surface area contributed by atoms with Crippen molar-refractivity contribution in [1.29, 1.82) is 5.26 Å². The zero-order valence-corrected chi connectivity index (χ0v) is 20.9. The highest BCUT2D eigenvalue weighted by Gasteiger charge is 2.45. The van der Waals surface area contributed by atoms with Crippen LogP contribution in [0.15, 0.2) is 70.7 Å². The number of rotatable bonds is 9. The summed E-state index contributed by atoms with van der Waals surface area (Å²) in [4.78, 5) is 10.9. The van der Waals surface area contributed by atoms with Gasteiger partial charge in [-0.2, -0.15) is 5.26 Å². The van der Waals surface area contributed by atoms with Gasteiger partial charge in [0.05, 0.1) is 18.0 Å². The molecule has 0 heterocycles. The Hall–Kier alpha value is -2.78. The number of nitrogens with zero attached hydrogens (tertiary/aromatic N) is 1. The van der Waals surface area contributed by atoms with E-state index in [4.69, 9.17) is 33.0 Å². The molecule has 0 spiro atoms. The molecule has 1 aliphatic carbocycles. The molecular formula is C27H28Cl2N2O3. The minimum absolute atomic E-state index is 0.0483. The molecule has 0 amide bonds. The number of carbonyl (C=O) groups is 1. The fourth-order valence-corrected chi connectivity index (χ4v) is 5.34. The van der Waals surface area contributed by atoms with Crippen molar-refractivity contribution in [2.45, 2.75) is 45.4 Å². The van der Waals surface area contributed by atoms with E-state index in [-0.39, 0.29) is 12.3 Å². The van der Waals surface area contributed by atoms with E-state index in [1.165, 1.54) is 0 Å². The largest absolute Gasteiger partial charge is 0.481 e. The first-order valence-corrected chi connectivity index (χ1v) is 11.9. The molecule has 2 N–H and O–H groups in total. The van der Waals surface area contributed by atoms with Crippen LogP contribution in [0.1, 0.15) is 38.3 Å². The second kappa shape index (κ2) is 11.1. The standard InChI is InChI=1S/C27H28Cl2N2O3/c1-17(2)14-27(31-18(3)34-21-11-9-19(10-12-21)13-24(32)33)15-23(28)25(26(29)22(27)16-30)20-7-5-4-6-8-20/h4-12,15,17-18,22,31H,13-14H2,1-3H3,(H,32,33). The van der Waals surface area contributed by atoms with Gasteiger partial charge < -0.3 is 9.84 Å². The summed E-state index contributed by atoms with van der Waals surface area (Å²) in [7, 11) is 0. The van der Waals surface area contributed by atoms with Crippen molar-refractivity contribution >= 4 is 34.7 Å². The van der Waals surface area contributed by atoms with Crippen LogP contribution in [0.25, 0.3) is 5.57 Å². The van der Waals surface area contributed by atoms with Crippen LogP contribution in [-0.2, 0) is 11.2 Å². The van der Waals surface area contributed by atoms with Gasteiger partial charge in [0.1, 0.15) is 17.9 Å². The topological polar surface area (TPSA) is 82.3 Å². The van der Waals surface area contributed by atoms with Gasteiger partial charge >= 0.3 is 5.97 Å². The lowest BCUT2D eigenvalue weighted by Gasteiger charge is -2.42. The molecule has 7 heteroatoms. The number of nitrogens with one attached hydrogen (secondary N) is 1. The summed E-state index contributed by atoms with van der Waals surface area (Å²) in [6, 6.07) is 18.9. The summed E-state index contributed by atoms with van der Waals surface area (Å²) in [5.74, 6) is -0.727. The first-order chi connectivity index (χ1) is 16.1. The van der Waals surface area contributed by atoms with Crippen LogP contribution in [0.3, 0.4) is 0 Å². The van der Waals surface area contributed by atoms with Crippen molar-refractivity contribution in [1.82, 2.24) is 5.32 Å². The zero-order chi connectivity index (χ0) is 24.9. The van der Waals surface area contributed by atoms with Crippen LogP contribution < -0.4 is 10.1 Å². The van der Waals surface area contributed by atoms with E-state index >= 15 is 0 Å². The molecule has 0 saturated carbocycles. The number of hydrogen-bond acceptors (Lipinski definition) is 4. The quantitative estimate of drug-likeness (QED) is 0.394. The minimum atomic E-state index is -0.886. The Labute approximate surface area is 210 Å². The number of halogens is 2. The molecule has 3 unspecified atom stereocenters. The molecule has 34 heavy (non-hydrogen) atoms. The monoisotopic (exact) mass is 498 g/mol. The summed E-state index contributed by atoms with van der Waals surface area (Å²) >= 11 is 13.6. The summed E-state index contributed by atoms with van der Waals surface area (Å²) in [5, 5.41) is 23.5. The van der Waals surface area contributed by atoms with Gasteiger partial charge in [-0.25, -0.2) is 0 Å². The first-order valence-electron chi connectivity index (χ1n) is 11.1. The SMILES string of the molecule is CC(C)CC1(NC(C)Oc2ccc(CC(=O)O)cc2)C=C(Cl)C(c2ccccc2)=C(Cl)C1C#N. The van der Waals surface area contributed by atoms with Crippen molar-refractivity contribution in [3.63, 3.8) is 0 Å². The molecule has 2 aromatic rings. The molecule has 1 aliphatic rings. The molecule has 2 aromatic carbocycles. The number of carboxylic acid groups (broad SMARTS) is 1. The lowest BCUT2D eigenvalue weighted by molar-refractivity contribution is -0.136. The van der Waals surface area contributed by atoms with E-state index in [1.54, 1.807) is 24.3 Å². The number of nitriles is 1. The third kappa shape index (κ3) is 6.01. The fraction of sp³-hybridized carbons (Fsp3) is 0.333. The maximum atomic E-state index is 10.9. The van der Waals surface area contributed by atoms with E-state index in [0.29, 0.717) is 33.4 Å². The van der Waals surface area contributed by atoms with Crippen LogP contribution in [0.2, 0.25) is 0 Å². The Morgan fingerprint density at radius 2 is 1.79 bits per heavy atom. The van der Waals surface area contributed by atoms with Crippen LogP contribution in [0.5, 0.6) is 5.75 Å². The van der Waals surface area contributed by atoms with Gasteiger partial charge in [0.2, 0.25) is 0 Å². The van der Waals surface area contributed by atoms with Gasteiger partial charge in [-0.15, -0.1) is 0 Å². The molecule has 178 valence electrons. The molecule has 0 radical (unpaired) electrons. The number of carboxylic acids is 1. The molecule has 3 rings (SSSR count). The third-order valence-electron chi connectivity index (χ3n) is 5.63. The number of aliphatic carboxylic acids is 1. The average molecular weight is 499 g/mol. The van der Waals surface area contributed by atoms with Gasteiger partial charge in [0.25, 0.3) is 0 Å². The van der Waals surface area contributed by atoms with Gasteiger partial charge in [0.15, 0.2) is 0 Å². The predicted octanol–water partition coefficient (Wildman–Crippen LogP) is 6.34. The zero-order valence-electron chi connectivity index (χ0n) is 19.4. The van der Waals surface area contributed by atoms with E-state index < -0.39 is 23.7 Å². The fourth-order valence-electron chi connectivity index (χ4n) is 4.43. The van der Waals surface area contributed by atoms with Crippen molar-refractivity contribution in [2.24, 2.45) is 11.8 Å². The second-order valence-electron chi connectivity index (χ2n) is 8.90. The highest BCUT2D eigenvalue weighted by molar-refractivity contribution is 6.42. The number of hydrogen-bond donors (Lipinski definition) is 2. The summed E-state index contributed by atoms with van der Waals surface area (Å²) in [6.07, 6.45) is 1.98. The van der Waals surface area contributed by atoms with Crippen molar-refractivity contribution in [3.8, 4) is 11.8 Å². The lowest BCUT2D eigenvalue weighted by Crippen LogP contribution is -2.56. The van der Waals surface area contributed by atoms with Crippen LogP contribution in [0, 0.1) is 23.2 Å². The Morgan fingerprint density at radius 3 is 2.35 bits per heavy atom. The maximum absolute atomic E-state index is 10.9. The molecule has 5 nitrogen and oxygen atoms in total. The maximum Gasteiger partial charge on any atom is 0.307 e. The smallest absolute Gasteiger partial charge is 0.307 e. The summed E-state index contributed by atoms with van der Waals surface area (Å²) in [5.41, 5.74) is 1.38. The lowest BCUT2D eigenvalue weighted by atomic mass is 9.73. The molecule has 0 aliphatic heterocycles. The molecular weight excluding hydrogens is 471 g/mol. The predicted molar refractivity (Wildman–Crippen MR) is 135 cm³/mol. The highest BCUT2D eigenvalue weighted by atomic mass is 35.5. The Bertz CT molecular complexity index is 1120. The minimum Gasteiger partial charge on any atom is -0.481 e. The van der Waals surface area contributed by atoms with Gasteiger partial charge in [-0.05, 0) is 48.6 Å². The van der Waals surface area contributed by atoms with E-state index in [0.717, 1.165) is 5.56 Å². The average Bonchev–Trinajstić information content (AvgIpc) is 2.75. The Morgan fingerprint density at radius 1 is 1.15 bits per heavy atom. The molecule has 0 fully saturated rings. The van der Waals surface area contributed by atoms with Crippen molar-refractivity contribution in [2.75, 3.05) is 0 Å². The van der Waals surface area contributed by atoms with E-state index in [1.807, 2.05) is 43.3 Å². The van der Waals surface area contributed by atoms with Crippen molar-refractivity contribution in [3.05, 3.63) is 81.9 Å². The normalized spacial score (nSPS) is 21.1. The van der Waals surface area contributed by atoms with Crippen molar-refractivity contribution < 1.29 is 14.6 Å². The third-order valence-corrected chi connectivity index (χ3v) is 6.34. The van der Waals surface area contributed by atoms with Gasteiger partial charge in [-0.3, -0.25) is 10.1 Å². The van der Waals surface area contributed by atoms with E-state index in [2.05, 4.69) is 25.2 Å². The highest BCUT2D eigenvalue weighted by Crippen LogP contribution is 2.46. The van der Waals surface area contributed by atoms with Crippen LogP contribution in [0.4, 0.5) is 0 Å². The molecule has 3 atom stereocenters. The summed E-state index contributed by atoms with van der Waals surface area (Å²) < 4.78 is 6.06. The first kappa shape index (κ1) is 25.8. The summed E-state index contributed by atoms with van der Waals surface area (Å²) in [6.45, 7) is 6.01. The molecule has 0 saturated heterocycles. The number of ether oxygens (including phenoxy) is 1. The second-order valence-corrected chi connectivity index (χ2v) is 9.71. The molecule has 0 aromatic heterocycles. The number of benzene rings is 2. The van der Waals surface area contributed by atoms with Gasteiger partial charge in [0, 0.05) is 15.6 Å². The van der Waals surface area contributed by atoms with Crippen LogP contribution >= 0.6 is 23.2 Å². The Balaban J connectivity index is 1.90. The van der Waals surface area contributed by atoms with Gasteiger partial charge in [-0.1, -0.05) is 79.5 Å². The number of allylic oxidation sites excluding steroid dienone is 2.